The van der Waals surface area contributed by atoms with E-state index in [1.54, 1.807) is 18.2 Å². The number of nitrogens with one attached hydrogen (secondary N) is 2. The highest BCUT2D eigenvalue weighted by Crippen LogP contribution is 2.19. The Hall–Kier alpha value is -2.58. The van der Waals surface area contributed by atoms with Gasteiger partial charge >= 0.3 is 6.03 Å². The maximum atomic E-state index is 12.4. The van der Waals surface area contributed by atoms with Gasteiger partial charge < -0.3 is 15.4 Å². The number of carbonyl (C=O) groups excluding carboxylic acids is 1. The van der Waals surface area contributed by atoms with Crippen molar-refractivity contribution < 1.29 is 17.9 Å². The smallest absolute Gasteiger partial charge is 0.315 e. The number of aryl methyl sites for hydroxylation is 2. The van der Waals surface area contributed by atoms with Gasteiger partial charge in [-0.25, -0.2) is 17.5 Å². The number of nitrogens with zero attached hydrogens (tertiary/aromatic N) is 1. The van der Waals surface area contributed by atoms with Crippen LogP contribution in [0.2, 0.25) is 0 Å². The van der Waals surface area contributed by atoms with Crippen molar-refractivity contribution in [3.8, 4) is 5.75 Å². The molecule has 0 saturated carbocycles. The summed E-state index contributed by atoms with van der Waals surface area (Å²) in [6.07, 6.45) is 0. The van der Waals surface area contributed by atoms with Crippen LogP contribution in [0, 0.1) is 13.8 Å². The zero-order chi connectivity index (χ0) is 20.7. The van der Waals surface area contributed by atoms with Crippen molar-refractivity contribution in [3.63, 3.8) is 0 Å². The molecule has 0 atom stereocenters. The third-order valence-electron chi connectivity index (χ3n) is 4.15. The van der Waals surface area contributed by atoms with Gasteiger partial charge in [-0.3, -0.25) is 0 Å². The van der Waals surface area contributed by atoms with Crippen molar-refractivity contribution in [2.75, 3.05) is 27.2 Å². The van der Waals surface area contributed by atoms with Crippen molar-refractivity contribution in [3.05, 3.63) is 59.2 Å². The molecule has 0 heterocycles. The fourth-order valence-electron chi connectivity index (χ4n) is 2.62. The molecule has 2 amide bonds. The van der Waals surface area contributed by atoms with E-state index in [4.69, 9.17) is 4.74 Å². The van der Waals surface area contributed by atoms with Crippen LogP contribution < -0.4 is 15.4 Å². The van der Waals surface area contributed by atoms with Crippen LogP contribution in [-0.2, 0) is 16.6 Å². The number of rotatable bonds is 8. The van der Waals surface area contributed by atoms with E-state index in [-0.39, 0.29) is 17.5 Å². The van der Waals surface area contributed by atoms with E-state index in [9.17, 15) is 13.2 Å². The number of amides is 2. The molecule has 8 heteroatoms. The molecule has 2 aromatic carbocycles. The summed E-state index contributed by atoms with van der Waals surface area (Å²) in [4.78, 5) is 12.2. The predicted octanol–water partition coefficient (Wildman–Crippen LogP) is 2.43. The van der Waals surface area contributed by atoms with E-state index in [1.165, 1.54) is 25.7 Å². The molecule has 7 nitrogen and oxygen atoms in total. The lowest BCUT2D eigenvalue weighted by Gasteiger charge is -2.15. The molecular weight excluding hydrogens is 378 g/mol. The molecule has 0 aliphatic rings. The van der Waals surface area contributed by atoms with Gasteiger partial charge in [-0.2, -0.15) is 0 Å². The average molecular weight is 406 g/mol. The van der Waals surface area contributed by atoms with Gasteiger partial charge in [-0.1, -0.05) is 35.9 Å². The van der Waals surface area contributed by atoms with Gasteiger partial charge in [0.25, 0.3) is 0 Å². The second-order valence-electron chi connectivity index (χ2n) is 6.62. The summed E-state index contributed by atoms with van der Waals surface area (Å²) in [5.74, 6) is 0.788. The summed E-state index contributed by atoms with van der Waals surface area (Å²) >= 11 is 0. The van der Waals surface area contributed by atoms with Crippen molar-refractivity contribution in [1.29, 1.82) is 0 Å². The number of sulfonamides is 1. The van der Waals surface area contributed by atoms with Crippen molar-refractivity contribution >= 4 is 16.1 Å². The average Bonchev–Trinajstić information content (AvgIpc) is 2.65. The van der Waals surface area contributed by atoms with Crippen LogP contribution in [-0.4, -0.2) is 46.0 Å². The second kappa shape index (κ2) is 9.57. The molecule has 0 bridgehead atoms. The maximum Gasteiger partial charge on any atom is 0.315 e. The zero-order valence-corrected chi connectivity index (χ0v) is 17.5. The molecule has 0 aliphatic heterocycles. The Morgan fingerprint density at radius 3 is 2.46 bits per heavy atom. The Morgan fingerprint density at radius 1 is 1.07 bits per heavy atom. The largest absolute Gasteiger partial charge is 0.491 e. The normalized spacial score (nSPS) is 11.3. The predicted molar refractivity (Wildman–Crippen MR) is 109 cm³/mol. The van der Waals surface area contributed by atoms with Gasteiger partial charge in [0, 0.05) is 20.6 Å². The van der Waals surface area contributed by atoms with Gasteiger partial charge in [0.2, 0.25) is 10.0 Å². The van der Waals surface area contributed by atoms with Gasteiger partial charge in [0.1, 0.15) is 12.4 Å². The second-order valence-corrected chi connectivity index (χ2v) is 8.74. The molecule has 28 heavy (non-hydrogen) atoms. The molecule has 0 aromatic heterocycles. The molecule has 152 valence electrons. The standard InChI is InChI=1S/C20H27N3O4S/c1-15-9-10-18(16(2)13-15)27-12-11-21-20(24)22-14-17-7-5-6-8-19(17)28(25,26)23(3)4/h5-10,13H,11-12,14H2,1-4H3,(H2,21,22,24). The van der Waals surface area contributed by atoms with E-state index < -0.39 is 10.0 Å². The van der Waals surface area contributed by atoms with Crippen LogP contribution >= 0.6 is 0 Å². The van der Waals surface area contributed by atoms with Gasteiger partial charge in [-0.05, 0) is 37.1 Å². The quantitative estimate of drug-likeness (QED) is 0.661. The van der Waals surface area contributed by atoms with E-state index in [0.29, 0.717) is 18.7 Å². The Balaban J connectivity index is 1.83. The minimum Gasteiger partial charge on any atom is -0.491 e. The highest BCUT2D eigenvalue weighted by atomic mass is 32.2. The van der Waals surface area contributed by atoms with E-state index in [0.717, 1.165) is 15.6 Å². The van der Waals surface area contributed by atoms with E-state index >= 15 is 0 Å². The van der Waals surface area contributed by atoms with Crippen LogP contribution in [0.25, 0.3) is 0 Å². The van der Waals surface area contributed by atoms with E-state index in [1.807, 2.05) is 32.0 Å². The highest BCUT2D eigenvalue weighted by molar-refractivity contribution is 7.89. The Morgan fingerprint density at radius 2 is 1.79 bits per heavy atom. The third-order valence-corrected chi connectivity index (χ3v) is 6.06. The summed E-state index contributed by atoms with van der Waals surface area (Å²) in [5, 5.41) is 5.38. The third kappa shape index (κ3) is 5.71. The first-order valence-corrected chi connectivity index (χ1v) is 10.4. The SMILES string of the molecule is Cc1ccc(OCCNC(=O)NCc2ccccc2S(=O)(=O)N(C)C)c(C)c1. The Kier molecular flexibility index (Phi) is 7.42. The van der Waals surface area contributed by atoms with Crippen LogP contribution in [0.3, 0.4) is 0 Å². The summed E-state index contributed by atoms with van der Waals surface area (Å²) < 4.78 is 31.6. The molecule has 2 rings (SSSR count). The first-order chi connectivity index (χ1) is 13.2. The Bertz CT molecular complexity index is 927. The lowest BCUT2D eigenvalue weighted by Crippen LogP contribution is -2.37. The summed E-state index contributed by atoms with van der Waals surface area (Å²) in [7, 11) is -0.624. The van der Waals surface area contributed by atoms with Crippen molar-refractivity contribution in [2.24, 2.45) is 0 Å². The minimum absolute atomic E-state index is 0.104. The fourth-order valence-corrected chi connectivity index (χ4v) is 3.74. The molecule has 2 N–H and O–H groups in total. The number of carbonyl (C=O) groups is 1. The molecule has 0 unspecified atom stereocenters. The number of hydrogen-bond donors (Lipinski definition) is 2. The number of urea groups is 1. The summed E-state index contributed by atoms with van der Waals surface area (Å²) in [6, 6.07) is 12.1. The van der Waals surface area contributed by atoms with Crippen LogP contribution in [0.4, 0.5) is 4.79 Å². The monoisotopic (exact) mass is 405 g/mol. The molecule has 2 aromatic rings. The molecule has 0 saturated heterocycles. The lowest BCUT2D eigenvalue weighted by molar-refractivity contribution is 0.236. The summed E-state index contributed by atoms with van der Waals surface area (Å²) in [5.41, 5.74) is 2.74. The molecule has 0 radical (unpaired) electrons. The molecule has 0 fully saturated rings. The molecule has 0 aliphatic carbocycles. The van der Waals surface area contributed by atoms with Crippen LogP contribution in [0.15, 0.2) is 47.4 Å². The fraction of sp³-hybridized carbons (Fsp3) is 0.350. The first-order valence-electron chi connectivity index (χ1n) is 8.94. The van der Waals surface area contributed by atoms with Crippen molar-refractivity contribution in [1.82, 2.24) is 14.9 Å². The molecule has 0 spiro atoms. The number of hydrogen-bond acceptors (Lipinski definition) is 4. The van der Waals surface area contributed by atoms with E-state index in [2.05, 4.69) is 10.6 Å². The topological polar surface area (TPSA) is 87.7 Å². The summed E-state index contributed by atoms with van der Waals surface area (Å²) in [6.45, 7) is 4.76. The van der Waals surface area contributed by atoms with Gasteiger partial charge in [0.05, 0.1) is 11.4 Å². The maximum absolute atomic E-state index is 12.4. The van der Waals surface area contributed by atoms with Gasteiger partial charge in [0.15, 0.2) is 0 Å². The minimum atomic E-state index is -3.57. The lowest BCUT2D eigenvalue weighted by atomic mass is 10.1. The number of benzene rings is 2. The zero-order valence-electron chi connectivity index (χ0n) is 16.7. The van der Waals surface area contributed by atoms with Crippen LogP contribution in [0.5, 0.6) is 5.75 Å². The number of ether oxygens (including phenoxy) is 1. The van der Waals surface area contributed by atoms with Crippen molar-refractivity contribution in [2.45, 2.75) is 25.3 Å². The van der Waals surface area contributed by atoms with Crippen LogP contribution in [0.1, 0.15) is 16.7 Å². The molecular formula is C20H27N3O4S. The first kappa shape index (κ1) is 21.7. The highest BCUT2D eigenvalue weighted by Gasteiger charge is 2.20. The van der Waals surface area contributed by atoms with Gasteiger partial charge in [-0.15, -0.1) is 0 Å². The Labute approximate surface area is 166 Å².